The number of hydrogen-bond donors (Lipinski definition) is 1. The van der Waals surface area contributed by atoms with E-state index in [2.05, 4.69) is 40.3 Å². The molecule has 0 aliphatic carbocycles. The predicted molar refractivity (Wildman–Crippen MR) is 137 cm³/mol. The Hall–Kier alpha value is -2.64. The molecule has 3 rings (SSSR count). The van der Waals surface area contributed by atoms with Crippen molar-refractivity contribution in [1.82, 2.24) is 5.32 Å². The standard InChI is InChI=1S/C26H29BrN2O3S/c1-3-21(17-22-7-5-4-6-8-22)18-28-26(30)19-29(24-13-11-23(27)12-14-24)33(31,32)25-15-9-20(2)10-16-25/h4-16,21H,3,17-19H2,1-2H3,(H,28,30). The first-order valence-corrected chi connectivity index (χ1v) is 13.2. The van der Waals surface area contributed by atoms with Crippen LogP contribution in [0, 0.1) is 12.8 Å². The minimum atomic E-state index is -3.91. The number of rotatable bonds is 10. The number of aryl methyl sites for hydroxylation is 1. The second-order valence-corrected chi connectivity index (χ2v) is 10.8. The number of sulfonamides is 1. The van der Waals surface area contributed by atoms with Gasteiger partial charge in [0.15, 0.2) is 0 Å². The van der Waals surface area contributed by atoms with Crippen LogP contribution in [0.15, 0.2) is 88.2 Å². The van der Waals surface area contributed by atoms with Crippen molar-refractivity contribution in [2.75, 3.05) is 17.4 Å². The third kappa shape index (κ3) is 6.92. The molecule has 0 spiro atoms. The van der Waals surface area contributed by atoms with Crippen molar-refractivity contribution in [2.24, 2.45) is 5.92 Å². The first kappa shape index (κ1) is 25.0. The van der Waals surface area contributed by atoms with E-state index in [-0.39, 0.29) is 23.3 Å². The molecule has 0 saturated carbocycles. The molecule has 0 bridgehead atoms. The van der Waals surface area contributed by atoms with Crippen LogP contribution >= 0.6 is 15.9 Å². The predicted octanol–water partition coefficient (Wildman–Crippen LogP) is 5.34. The van der Waals surface area contributed by atoms with Crippen molar-refractivity contribution in [1.29, 1.82) is 0 Å². The van der Waals surface area contributed by atoms with Gasteiger partial charge in [0.05, 0.1) is 10.6 Å². The fourth-order valence-electron chi connectivity index (χ4n) is 3.51. The molecule has 3 aromatic carbocycles. The van der Waals surface area contributed by atoms with Crippen LogP contribution in [0.25, 0.3) is 0 Å². The summed E-state index contributed by atoms with van der Waals surface area (Å²) in [7, 11) is -3.91. The van der Waals surface area contributed by atoms with Gasteiger partial charge in [-0.05, 0) is 61.2 Å². The fraction of sp³-hybridized carbons (Fsp3) is 0.269. The van der Waals surface area contributed by atoms with Gasteiger partial charge in [0.2, 0.25) is 5.91 Å². The Morgan fingerprint density at radius 2 is 1.61 bits per heavy atom. The topological polar surface area (TPSA) is 66.5 Å². The van der Waals surface area contributed by atoms with E-state index in [0.717, 1.165) is 27.2 Å². The van der Waals surface area contributed by atoms with Crippen LogP contribution < -0.4 is 9.62 Å². The summed E-state index contributed by atoms with van der Waals surface area (Å²) in [6, 6.07) is 23.7. The van der Waals surface area contributed by atoms with E-state index in [1.807, 2.05) is 25.1 Å². The maximum absolute atomic E-state index is 13.4. The highest BCUT2D eigenvalue weighted by molar-refractivity contribution is 9.10. The van der Waals surface area contributed by atoms with Crippen LogP contribution in [0.2, 0.25) is 0 Å². The summed E-state index contributed by atoms with van der Waals surface area (Å²) in [5, 5.41) is 2.94. The van der Waals surface area contributed by atoms with Crippen LogP contribution in [-0.4, -0.2) is 27.4 Å². The van der Waals surface area contributed by atoms with Crippen LogP contribution in [0.3, 0.4) is 0 Å². The molecule has 3 aromatic rings. The summed E-state index contributed by atoms with van der Waals surface area (Å²) < 4.78 is 28.9. The quantitative estimate of drug-likeness (QED) is 0.386. The molecule has 33 heavy (non-hydrogen) atoms. The molecule has 0 aliphatic rings. The summed E-state index contributed by atoms with van der Waals surface area (Å²) >= 11 is 3.38. The van der Waals surface area contributed by atoms with E-state index in [1.165, 1.54) is 5.56 Å². The van der Waals surface area contributed by atoms with Crippen molar-refractivity contribution in [3.05, 3.63) is 94.5 Å². The first-order valence-electron chi connectivity index (χ1n) is 10.9. The molecule has 0 aromatic heterocycles. The Bertz CT molecular complexity index is 1150. The minimum absolute atomic E-state index is 0.152. The Morgan fingerprint density at radius 1 is 0.970 bits per heavy atom. The molecule has 174 valence electrons. The smallest absolute Gasteiger partial charge is 0.264 e. The van der Waals surface area contributed by atoms with E-state index in [4.69, 9.17) is 0 Å². The normalized spacial score (nSPS) is 12.2. The lowest BCUT2D eigenvalue weighted by molar-refractivity contribution is -0.119. The fourth-order valence-corrected chi connectivity index (χ4v) is 5.20. The molecule has 0 saturated heterocycles. The van der Waals surface area contributed by atoms with E-state index < -0.39 is 10.0 Å². The molecule has 1 atom stereocenters. The Balaban J connectivity index is 1.76. The third-order valence-corrected chi connectivity index (χ3v) is 7.86. The number of carbonyl (C=O) groups is 1. The summed E-state index contributed by atoms with van der Waals surface area (Å²) in [5.41, 5.74) is 2.62. The summed E-state index contributed by atoms with van der Waals surface area (Å²) in [5.74, 6) is -0.0636. The van der Waals surface area contributed by atoms with Gasteiger partial charge in [-0.25, -0.2) is 8.42 Å². The van der Waals surface area contributed by atoms with Crippen LogP contribution in [-0.2, 0) is 21.2 Å². The van der Waals surface area contributed by atoms with Crippen molar-refractivity contribution in [3.63, 3.8) is 0 Å². The average molecular weight is 530 g/mol. The number of amides is 1. The Kier molecular flexibility index (Phi) is 8.69. The molecule has 0 aliphatic heterocycles. The van der Waals surface area contributed by atoms with Gasteiger partial charge in [-0.3, -0.25) is 9.10 Å². The Labute approximate surface area is 205 Å². The SMILES string of the molecule is CCC(CNC(=O)CN(c1ccc(Br)cc1)S(=O)(=O)c1ccc(C)cc1)Cc1ccccc1. The highest BCUT2D eigenvalue weighted by atomic mass is 79.9. The molecule has 5 nitrogen and oxygen atoms in total. The summed E-state index contributed by atoms with van der Waals surface area (Å²) in [4.78, 5) is 13.0. The van der Waals surface area contributed by atoms with Crippen molar-refractivity contribution in [2.45, 2.75) is 31.6 Å². The van der Waals surface area contributed by atoms with Gasteiger partial charge in [0.25, 0.3) is 10.0 Å². The summed E-state index contributed by atoms with van der Waals surface area (Å²) in [6.07, 6.45) is 1.77. The zero-order valence-corrected chi connectivity index (χ0v) is 21.3. The third-order valence-electron chi connectivity index (χ3n) is 5.54. The molecule has 7 heteroatoms. The van der Waals surface area contributed by atoms with Crippen LogP contribution in [0.5, 0.6) is 0 Å². The van der Waals surface area contributed by atoms with Crippen LogP contribution in [0.1, 0.15) is 24.5 Å². The molecule has 0 fully saturated rings. The van der Waals surface area contributed by atoms with Gasteiger partial charge >= 0.3 is 0 Å². The molecule has 1 amide bonds. The van der Waals surface area contributed by atoms with E-state index >= 15 is 0 Å². The second-order valence-electron chi connectivity index (χ2n) is 8.07. The van der Waals surface area contributed by atoms with Gasteiger partial charge in [-0.1, -0.05) is 77.3 Å². The van der Waals surface area contributed by atoms with E-state index in [1.54, 1.807) is 48.5 Å². The highest BCUT2D eigenvalue weighted by Gasteiger charge is 2.27. The first-order chi connectivity index (χ1) is 15.8. The van der Waals surface area contributed by atoms with Crippen LogP contribution in [0.4, 0.5) is 5.69 Å². The lowest BCUT2D eigenvalue weighted by Crippen LogP contribution is -2.42. The Morgan fingerprint density at radius 3 is 2.21 bits per heavy atom. The minimum Gasteiger partial charge on any atom is -0.354 e. The molecule has 0 heterocycles. The molecular weight excluding hydrogens is 500 g/mol. The van der Waals surface area contributed by atoms with Crippen molar-refractivity contribution < 1.29 is 13.2 Å². The zero-order chi connectivity index (χ0) is 23.8. The van der Waals surface area contributed by atoms with Gasteiger partial charge in [0.1, 0.15) is 6.54 Å². The maximum atomic E-state index is 13.4. The largest absolute Gasteiger partial charge is 0.354 e. The lowest BCUT2D eigenvalue weighted by Gasteiger charge is -2.25. The molecule has 1 unspecified atom stereocenters. The van der Waals surface area contributed by atoms with Gasteiger partial charge in [-0.15, -0.1) is 0 Å². The molecular formula is C26H29BrN2O3S. The van der Waals surface area contributed by atoms with E-state index in [9.17, 15) is 13.2 Å². The number of halogens is 1. The molecule has 0 radical (unpaired) electrons. The number of hydrogen-bond acceptors (Lipinski definition) is 3. The van der Waals surface area contributed by atoms with Crippen molar-refractivity contribution in [3.8, 4) is 0 Å². The number of anilines is 1. The zero-order valence-electron chi connectivity index (χ0n) is 18.9. The maximum Gasteiger partial charge on any atom is 0.264 e. The van der Waals surface area contributed by atoms with Gasteiger partial charge < -0.3 is 5.32 Å². The van der Waals surface area contributed by atoms with Crippen molar-refractivity contribution >= 4 is 37.5 Å². The van der Waals surface area contributed by atoms with E-state index in [0.29, 0.717) is 12.2 Å². The monoisotopic (exact) mass is 528 g/mol. The number of carbonyl (C=O) groups excluding carboxylic acids is 1. The number of benzene rings is 3. The van der Waals surface area contributed by atoms with Gasteiger partial charge in [0, 0.05) is 11.0 Å². The number of nitrogens with zero attached hydrogens (tertiary/aromatic N) is 1. The molecule has 1 N–H and O–H groups in total. The lowest BCUT2D eigenvalue weighted by atomic mass is 9.97. The second kappa shape index (κ2) is 11.5. The number of nitrogens with one attached hydrogen (secondary N) is 1. The average Bonchev–Trinajstić information content (AvgIpc) is 2.81. The highest BCUT2D eigenvalue weighted by Crippen LogP contribution is 2.25. The van der Waals surface area contributed by atoms with Gasteiger partial charge in [-0.2, -0.15) is 0 Å². The summed E-state index contributed by atoms with van der Waals surface area (Å²) in [6.45, 7) is 4.19.